The molecule has 0 saturated heterocycles. The van der Waals surface area contributed by atoms with Gasteiger partial charge in [0.2, 0.25) is 0 Å². The van der Waals surface area contributed by atoms with Crippen LogP contribution in [0.2, 0.25) is 0 Å². The zero-order chi connectivity index (χ0) is 5.49. The molecule has 1 N–H and O–H groups in total. The number of hydrogen-bond donors (Lipinski definition) is 1. The van der Waals surface area contributed by atoms with Crippen LogP contribution in [0.5, 0.6) is 0 Å². The van der Waals surface area contributed by atoms with E-state index in [4.69, 9.17) is 16.7 Å². The highest BCUT2D eigenvalue weighted by molar-refractivity contribution is 6.65. The van der Waals surface area contributed by atoms with Crippen molar-refractivity contribution in [2.24, 2.45) is 0 Å². The van der Waals surface area contributed by atoms with E-state index < -0.39 is 10.8 Å². The van der Waals surface area contributed by atoms with E-state index in [1.54, 1.807) is 0 Å². The van der Waals surface area contributed by atoms with E-state index in [1.165, 1.54) is 0 Å². The van der Waals surface area contributed by atoms with Crippen LogP contribution < -0.4 is 0 Å². The van der Waals surface area contributed by atoms with Crippen molar-refractivity contribution in [2.45, 2.75) is 18.4 Å². The average molecular weight is 121 g/mol. The normalized spacial score (nSPS) is 24.3. The van der Waals surface area contributed by atoms with Crippen molar-refractivity contribution in [3.05, 3.63) is 0 Å². The number of halogens is 1. The lowest BCUT2D eigenvalue weighted by molar-refractivity contribution is -0.120. The molecule has 1 aliphatic carbocycles. The van der Waals surface area contributed by atoms with Crippen molar-refractivity contribution in [3.63, 3.8) is 0 Å². The first-order valence-corrected chi connectivity index (χ1v) is 2.45. The molecule has 0 aromatic rings. The largest absolute Gasteiger partial charge is 0.381 e. The summed E-state index contributed by atoms with van der Waals surface area (Å²) in [5.41, 5.74) is -1.12. The predicted molar refractivity (Wildman–Crippen MR) is 25.0 cm³/mol. The van der Waals surface area contributed by atoms with Crippen molar-refractivity contribution in [2.75, 3.05) is 0 Å². The molecule has 0 amide bonds. The van der Waals surface area contributed by atoms with Crippen LogP contribution in [0.25, 0.3) is 0 Å². The van der Waals surface area contributed by atoms with Crippen LogP contribution >= 0.6 is 11.6 Å². The van der Waals surface area contributed by atoms with Crippen LogP contribution in [-0.4, -0.2) is 16.0 Å². The summed E-state index contributed by atoms with van der Waals surface area (Å²) < 4.78 is 0. The quantitative estimate of drug-likeness (QED) is 0.505. The topological polar surface area (TPSA) is 37.3 Å². The summed E-state index contributed by atoms with van der Waals surface area (Å²) in [7, 11) is 0. The molecule has 1 aliphatic rings. The Morgan fingerprint density at radius 2 is 2.14 bits per heavy atom. The third kappa shape index (κ3) is 0.763. The first-order valence-electron chi connectivity index (χ1n) is 2.07. The maximum Gasteiger partial charge on any atom is 0.253 e. The first kappa shape index (κ1) is 5.06. The monoisotopic (exact) mass is 120 g/mol. The van der Waals surface area contributed by atoms with Gasteiger partial charge in [-0.15, -0.1) is 0 Å². The molecule has 1 fully saturated rings. The minimum atomic E-state index is -1.12. The van der Waals surface area contributed by atoms with Gasteiger partial charge in [-0.1, -0.05) is 0 Å². The number of aliphatic hydroxyl groups is 1. The highest BCUT2D eigenvalue weighted by Crippen LogP contribution is 2.36. The Bertz CT molecular complexity index is 106. The molecule has 0 radical (unpaired) electrons. The Hall–Kier alpha value is -0.0800. The summed E-state index contributed by atoms with van der Waals surface area (Å²) in [5, 5.41) is 8.11. The fourth-order valence-corrected chi connectivity index (χ4v) is 0.504. The number of hydrogen-bond acceptors (Lipinski definition) is 2. The number of rotatable bonds is 1. The molecular weight excluding hydrogens is 115 g/mol. The lowest BCUT2D eigenvalue weighted by Gasteiger charge is -1.93. The van der Waals surface area contributed by atoms with Crippen molar-refractivity contribution in [1.82, 2.24) is 0 Å². The van der Waals surface area contributed by atoms with E-state index in [1.807, 2.05) is 0 Å². The van der Waals surface area contributed by atoms with Gasteiger partial charge in [0.05, 0.1) is 0 Å². The zero-order valence-electron chi connectivity index (χ0n) is 3.65. The molecule has 0 aromatic heterocycles. The maximum atomic E-state index is 10.0. The van der Waals surface area contributed by atoms with E-state index in [9.17, 15) is 4.79 Å². The molecule has 0 atom stereocenters. The highest BCUT2D eigenvalue weighted by atomic mass is 35.5. The minimum Gasteiger partial charge on any atom is -0.381 e. The Kier molecular flexibility index (Phi) is 0.869. The molecule has 0 unspecified atom stereocenters. The summed E-state index contributed by atoms with van der Waals surface area (Å²) in [6, 6.07) is 0. The van der Waals surface area contributed by atoms with Crippen LogP contribution in [0.3, 0.4) is 0 Å². The summed E-state index contributed by atoms with van der Waals surface area (Å²) in [5.74, 6) is 0. The van der Waals surface area contributed by atoms with E-state index in [2.05, 4.69) is 0 Å². The van der Waals surface area contributed by atoms with E-state index in [0.29, 0.717) is 12.8 Å². The molecule has 0 heterocycles. The minimum absolute atomic E-state index is 0.537. The number of carbonyl (C=O) groups is 1. The van der Waals surface area contributed by atoms with Crippen LogP contribution in [0.15, 0.2) is 0 Å². The molecule has 2 nitrogen and oxygen atoms in total. The van der Waals surface area contributed by atoms with Crippen molar-refractivity contribution in [1.29, 1.82) is 0 Å². The molecule has 7 heavy (non-hydrogen) atoms. The Balaban J connectivity index is 2.55. The fourth-order valence-electron chi connectivity index (χ4n) is 0.315. The van der Waals surface area contributed by atoms with Crippen LogP contribution in [0, 0.1) is 0 Å². The molecule has 1 rings (SSSR count). The van der Waals surface area contributed by atoms with Gasteiger partial charge in [0.15, 0.2) is 0 Å². The van der Waals surface area contributed by atoms with Crippen molar-refractivity contribution in [3.8, 4) is 0 Å². The van der Waals surface area contributed by atoms with Crippen LogP contribution in [0.1, 0.15) is 12.8 Å². The molecule has 0 spiro atoms. The second-order valence-corrected chi connectivity index (χ2v) is 2.15. The van der Waals surface area contributed by atoms with E-state index in [0.717, 1.165) is 0 Å². The lowest BCUT2D eigenvalue weighted by atomic mass is 10.4. The molecule has 1 saturated carbocycles. The Morgan fingerprint density at radius 1 is 1.71 bits per heavy atom. The standard InChI is InChI=1S/C4H5ClO2/c5-3(6)4(7)1-2-4/h7H,1-2H2. The molecule has 0 bridgehead atoms. The van der Waals surface area contributed by atoms with Crippen LogP contribution in [0.4, 0.5) is 0 Å². The summed E-state index contributed by atoms with van der Waals surface area (Å²) in [4.78, 5) is 10.0. The predicted octanol–water partition coefficient (Wildman–Crippen LogP) is 0.277. The van der Waals surface area contributed by atoms with Gasteiger partial charge in [-0.3, -0.25) is 4.79 Å². The van der Waals surface area contributed by atoms with Crippen LogP contribution in [-0.2, 0) is 4.79 Å². The Morgan fingerprint density at radius 3 is 2.14 bits per heavy atom. The van der Waals surface area contributed by atoms with E-state index >= 15 is 0 Å². The van der Waals surface area contributed by atoms with Gasteiger partial charge in [-0.2, -0.15) is 0 Å². The van der Waals surface area contributed by atoms with Gasteiger partial charge < -0.3 is 5.11 Å². The third-order valence-corrected chi connectivity index (χ3v) is 1.44. The molecule has 3 heteroatoms. The summed E-state index contributed by atoms with van der Waals surface area (Å²) >= 11 is 4.93. The smallest absolute Gasteiger partial charge is 0.253 e. The molecule has 40 valence electrons. The van der Waals surface area contributed by atoms with Gasteiger partial charge in [-0.05, 0) is 24.4 Å². The first-order chi connectivity index (χ1) is 3.15. The fraction of sp³-hybridized carbons (Fsp3) is 0.750. The SMILES string of the molecule is O=C(Cl)C1(O)CC1. The Labute approximate surface area is 46.1 Å². The second kappa shape index (κ2) is 1.20. The number of carbonyl (C=O) groups excluding carboxylic acids is 1. The second-order valence-electron chi connectivity index (χ2n) is 1.81. The highest BCUT2D eigenvalue weighted by Gasteiger charge is 2.46. The summed E-state index contributed by atoms with van der Waals surface area (Å²) in [6.45, 7) is 0. The average Bonchev–Trinajstić information content (AvgIpc) is 2.21. The van der Waals surface area contributed by atoms with Gasteiger partial charge >= 0.3 is 0 Å². The van der Waals surface area contributed by atoms with Gasteiger partial charge in [0.1, 0.15) is 5.60 Å². The lowest BCUT2D eigenvalue weighted by Crippen LogP contribution is -2.14. The van der Waals surface area contributed by atoms with Crippen molar-refractivity contribution >= 4 is 16.8 Å². The molecular formula is C4H5ClO2. The van der Waals surface area contributed by atoms with Gasteiger partial charge in [-0.25, -0.2) is 0 Å². The van der Waals surface area contributed by atoms with Gasteiger partial charge in [0.25, 0.3) is 5.24 Å². The third-order valence-electron chi connectivity index (χ3n) is 1.09. The maximum absolute atomic E-state index is 10.0. The zero-order valence-corrected chi connectivity index (χ0v) is 4.40. The molecule has 0 aliphatic heterocycles. The van der Waals surface area contributed by atoms with Crippen molar-refractivity contribution < 1.29 is 9.90 Å². The van der Waals surface area contributed by atoms with Gasteiger partial charge in [0, 0.05) is 0 Å². The molecule has 0 aromatic carbocycles. The summed E-state index contributed by atoms with van der Waals surface area (Å²) in [6.07, 6.45) is 1.07. The van der Waals surface area contributed by atoms with E-state index in [-0.39, 0.29) is 0 Å².